The highest BCUT2D eigenvalue weighted by Crippen LogP contribution is 2.35. The molecule has 1 aliphatic rings. The summed E-state index contributed by atoms with van der Waals surface area (Å²) in [4.78, 5) is 25.7. The smallest absolute Gasteiger partial charge is 0.263 e. The molecule has 0 spiro atoms. The van der Waals surface area contributed by atoms with Gasteiger partial charge >= 0.3 is 0 Å². The molecule has 0 saturated heterocycles. The number of nitrogens with one attached hydrogen (secondary N) is 2. The molecular formula is C27H29N3O8S. The molecule has 1 heterocycles. The molecule has 0 radical (unpaired) electrons. The highest BCUT2D eigenvalue weighted by molar-refractivity contribution is 7.89. The number of nitrogens with zero attached hydrogens (tertiary/aromatic N) is 1. The molecule has 0 aliphatic carbocycles. The molecule has 2 amide bonds. The number of ether oxygens (including phenoxy) is 3. The second kappa shape index (κ2) is 11.7. The number of benzene rings is 3. The Labute approximate surface area is 226 Å². The van der Waals surface area contributed by atoms with Gasteiger partial charge in [-0.3, -0.25) is 14.8 Å². The molecule has 0 unspecified atom stereocenters. The molecule has 3 N–H and O–H groups in total. The molecule has 1 aliphatic heterocycles. The van der Waals surface area contributed by atoms with Gasteiger partial charge in [0, 0.05) is 18.7 Å². The minimum atomic E-state index is -4.38. The Morgan fingerprint density at radius 3 is 2.33 bits per heavy atom. The molecule has 0 bridgehead atoms. The summed E-state index contributed by atoms with van der Waals surface area (Å²) in [5.74, 6) is -0.108. The van der Waals surface area contributed by atoms with E-state index in [1.165, 1.54) is 7.11 Å². The summed E-state index contributed by atoms with van der Waals surface area (Å²) in [7, 11) is -2.91. The highest BCUT2D eigenvalue weighted by Gasteiger charge is 2.38. The number of aryl methyl sites for hydroxylation is 2. The van der Waals surface area contributed by atoms with Crippen LogP contribution in [0, 0.1) is 13.8 Å². The van der Waals surface area contributed by atoms with Crippen LogP contribution in [0.4, 0.5) is 0 Å². The SMILES string of the molecule is COc1cc(C)c(S(=O)(=O)N(Cc2ccc3c(c2)OCO3)[C@H](CNC(=O)c2ccccc2)C(=O)NO)c(C)c1. The zero-order chi connectivity index (χ0) is 28.2. The third-order valence-corrected chi connectivity index (χ3v) is 8.42. The predicted octanol–water partition coefficient (Wildman–Crippen LogP) is 2.54. The van der Waals surface area contributed by atoms with Crippen molar-refractivity contribution >= 4 is 21.8 Å². The largest absolute Gasteiger partial charge is 0.497 e. The number of carbonyl (C=O) groups excluding carboxylic acids is 2. The second-order valence-electron chi connectivity index (χ2n) is 8.90. The summed E-state index contributed by atoms with van der Waals surface area (Å²) in [6, 6.07) is 14.8. The predicted molar refractivity (Wildman–Crippen MR) is 140 cm³/mol. The molecule has 3 aromatic rings. The third-order valence-electron chi connectivity index (χ3n) is 6.26. The van der Waals surface area contributed by atoms with Crippen LogP contribution in [0.25, 0.3) is 0 Å². The van der Waals surface area contributed by atoms with Gasteiger partial charge in [-0.2, -0.15) is 4.31 Å². The van der Waals surface area contributed by atoms with Crippen LogP contribution >= 0.6 is 0 Å². The zero-order valence-corrected chi connectivity index (χ0v) is 22.4. The number of sulfonamides is 1. The van der Waals surface area contributed by atoms with E-state index in [0.29, 0.717) is 39.5 Å². The van der Waals surface area contributed by atoms with Gasteiger partial charge in [-0.05, 0) is 66.9 Å². The van der Waals surface area contributed by atoms with E-state index in [9.17, 15) is 23.2 Å². The van der Waals surface area contributed by atoms with Crippen molar-refractivity contribution in [3.8, 4) is 17.2 Å². The standard InChI is InChI=1S/C27H29N3O8S/c1-17-11-21(36-3)12-18(2)25(17)39(34,35)30(15-19-9-10-23-24(13-19)38-16-37-23)22(27(32)29-33)14-28-26(31)20-7-5-4-6-8-20/h4-13,22,33H,14-16H2,1-3H3,(H,28,31)(H,29,32)/t22-/m1/s1. The molecule has 11 nitrogen and oxygen atoms in total. The molecule has 3 aromatic carbocycles. The normalized spacial score (nSPS) is 13.2. The highest BCUT2D eigenvalue weighted by atomic mass is 32.2. The number of hydrogen-bond acceptors (Lipinski definition) is 8. The van der Waals surface area contributed by atoms with E-state index >= 15 is 0 Å². The lowest BCUT2D eigenvalue weighted by atomic mass is 10.1. The van der Waals surface area contributed by atoms with Crippen LogP contribution in [-0.4, -0.2) is 56.2 Å². The van der Waals surface area contributed by atoms with E-state index in [1.54, 1.807) is 80.0 Å². The van der Waals surface area contributed by atoms with Crippen LogP contribution in [0.15, 0.2) is 65.6 Å². The van der Waals surface area contributed by atoms with E-state index in [-0.39, 0.29) is 18.2 Å². The first-order valence-electron chi connectivity index (χ1n) is 12.0. The minimum absolute atomic E-state index is 0.0193. The lowest BCUT2D eigenvalue weighted by Crippen LogP contribution is -2.54. The van der Waals surface area contributed by atoms with Gasteiger partial charge < -0.3 is 19.5 Å². The lowest BCUT2D eigenvalue weighted by Gasteiger charge is -2.31. The molecule has 39 heavy (non-hydrogen) atoms. The van der Waals surface area contributed by atoms with Crippen molar-refractivity contribution < 1.29 is 37.4 Å². The summed E-state index contributed by atoms with van der Waals surface area (Å²) in [5, 5.41) is 12.2. The first-order chi connectivity index (χ1) is 18.6. The summed E-state index contributed by atoms with van der Waals surface area (Å²) in [5.41, 5.74) is 3.17. The minimum Gasteiger partial charge on any atom is -0.497 e. The van der Waals surface area contributed by atoms with Crippen LogP contribution in [0.1, 0.15) is 27.0 Å². The van der Waals surface area contributed by atoms with Crippen molar-refractivity contribution in [2.45, 2.75) is 31.3 Å². The first-order valence-corrected chi connectivity index (χ1v) is 13.4. The Hall–Kier alpha value is -4.13. The Balaban J connectivity index is 1.77. The van der Waals surface area contributed by atoms with E-state index in [1.807, 2.05) is 0 Å². The molecular weight excluding hydrogens is 526 g/mol. The Morgan fingerprint density at radius 2 is 1.69 bits per heavy atom. The Kier molecular flexibility index (Phi) is 8.38. The molecule has 0 saturated carbocycles. The van der Waals surface area contributed by atoms with E-state index < -0.39 is 34.4 Å². The van der Waals surface area contributed by atoms with Crippen LogP contribution in [0.2, 0.25) is 0 Å². The number of methoxy groups -OCH3 is 1. The number of hydrogen-bond donors (Lipinski definition) is 3. The van der Waals surface area contributed by atoms with Gasteiger partial charge in [-0.15, -0.1) is 0 Å². The molecule has 1 atom stereocenters. The van der Waals surface area contributed by atoms with E-state index in [2.05, 4.69) is 5.32 Å². The van der Waals surface area contributed by atoms with Gasteiger partial charge in [-0.1, -0.05) is 24.3 Å². The number of hydroxylamine groups is 1. The Morgan fingerprint density at radius 1 is 1.03 bits per heavy atom. The molecule has 0 fully saturated rings. The van der Waals surface area contributed by atoms with Crippen LogP contribution in [-0.2, 0) is 21.4 Å². The summed E-state index contributed by atoms with van der Waals surface area (Å²) < 4.78 is 45.5. The van der Waals surface area contributed by atoms with Crippen molar-refractivity contribution in [2.75, 3.05) is 20.4 Å². The van der Waals surface area contributed by atoms with Gasteiger partial charge in [-0.25, -0.2) is 13.9 Å². The number of fused-ring (bicyclic) bond motifs is 1. The summed E-state index contributed by atoms with van der Waals surface area (Å²) >= 11 is 0. The van der Waals surface area contributed by atoms with Crippen LogP contribution < -0.4 is 25.0 Å². The fourth-order valence-electron chi connectivity index (χ4n) is 4.42. The van der Waals surface area contributed by atoms with E-state index in [4.69, 9.17) is 14.2 Å². The quantitative estimate of drug-likeness (QED) is 0.256. The van der Waals surface area contributed by atoms with Gasteiger partial charge in [0.15, 0.2) is 11.5 Å². The van der Waals surface area contributed by atoms with Gasteiger partial charge in [0.2, 0.25) is 16.8 Å². The maximum Gasteiger partial charge on any atom is 0.263 e. The lowest BCUT2D eigenvalue weighted by molar-refractivity contribution is -0.133. The van der Waals surface area contributed by atoms with Crippen molar-refractivity contribution in [3.05, 3.63) is 82.9 Å². The number of amides is 2. The average molecular weight is 556 g/mol. The maximum atomic E-state index is 14.2. The van der Waals surface area contributed by atoms with Crippen molar-refractivity contribution in [1.29, 1.82) is 0 Å². The third kappa shape index (κ3) is 5.98. The summed E-state index contributed by atoms with van der Waals surface area (Å²) in [6.45, 7) is 2.59. The zero-order valence-electron chi connectivity index (χ0n) is 21.6. The molecule has 0 aromatic heterocycles. The molecule has 4 rings (SSSR count). The average Bonchev–Trinajstić information content (AvgIpc) is 3.40. The molecule has 206 valence electrons. The fourth-order valence-corrected chi connectivity index (χ4v) is 6.41. The maximum absolute atomic E-state index is 14.2. The van der Waals surface area contributed by atoms with Crippen molar-refractivity contribution in [1.82, 2.24) is 15.1 Å². The van der Waals surface area contributed by atoms with Crippen molar-refractivity contribution in [2.24, 2.45) is 0 Å². The van der Waals surface area contributed by atoms with Gasteiger partial charge in [0.05, 0.1) is 12.0 Å². The first kappa shape index (κ1) is 27.9. The van der Waals surface area contributed by atoms with Crippen molar-refractivity contribution in [3.63, 3.8) is 0 Å². The fraction of sp³-hybridized carbons (Fsp3) is 0.259. The van der Waals surface area contributed by atoms with Crippen LogP contribution in [0.5, 0.6) is 17.2 Å². The molecule has 12 heteroatoms. The second-order valence-corrected chi connectivity index (χ2v) is 10.7. The monoisotopic (exact) mass is 555 g/mol. The van der Waals surface area contributed by atoms with Gasteiger partial charge in [0.25, 0.3) is 11.8 Å². The van der Waals surface area contributed by atoms with E-state index in [0.717, 1.165) is 4.31 Å². The number of rotatable bonds is 10. The topological polar surface area (TPSA) is 144 Å². The Bertz CT molecular complexity index is 1450. The summed E-state index contributed by atoms with van der Waals surface area (Å²) in [6.07, 6.45) is 0. The van der Waals surface area contributed by atoms with Crippen LogP contribution in [0.3, 0.4) is 0 Å². The van der Waals surface area contributed by atoms with Gasteiger partial charge in [0.1, 0.15) is 11.8 Å². The number of carbonyl (C=O) groups is 2.